The second-order valence-electron chi connectivity index (χ2n) is 12.7. The van der Waals surface area contributed by atoms with Crippen molar-refractivity contribution < 1.29 is 88.6 Å². The number of aliphatic hydroxyl groups is 8. The number of phenolic OH excluding ortho intramolecular Hbond substituents is 2. The lowest BCUT2D eigenvalue weighted by molar-refractivity contribution is -0.352. The number of benzene rings is 2. The van der Waals surface area contributed by atoms with Gasteiger partial charge in [-0.25, -0.2) is 0 Å². The lowest BCUT2D eigenvalue weighted by atomic mass is 9.98. The van der Waals surface area contributed by atoms with Crippen molar-refractivity contribution in [1.29, 1.82) is 0 Å². The molecule has 2 aromatic carbocycles. The van der Waals surface area contributed by atoms with Crippen LogP contribution >= 0.6 is 0 Å². The number of methoxy groups -OCH3 is 1. The van der Waals surface area contributed by atoms with Gasteiger partial charge in [-0.15, -0.1) is 0 Å². The van der Waals surface area contributed by atoms with E-state index in [1.807, 2.05) is 0 Å². The van der Waals surface area contributed by atoms with Crippen LogP contribution in [-0.4, -0.2) is 157 Å². The molecule has 14 unspecified atom stereocenters. The van der Waals surface area contributed by atoms with Crippen LogP contribution in [0.25, 0.3) is 22.3 Å². The summed E-state index contributed by atoms with van der Waals surface area (Å²) in [5.74, 6) is -1.40. The van der Waals surface area contributed by atoms with Crippen LogP contribution in [0.2, 0.25) is 0 Å². The highest BCUT2D eigenvalue weighted by molar-refractivity contribution is 5.88. The van der Waals surface area contributed by atoms with E-state index in [0.717, 1.165) is 6.07 Å². The molecular formula is C33H40O19. The summed E-state index contributed by atoms with van der Waals surface area (Å²) in [7, 11) is 1.33. The molecule has 14 atom stereocenters. The zero-order valence-corrected chi connectivity index (χ0v) is 27.6. The highest BCUT2D eigenvalue weighted by Crippen LogP contribution is 2.38. The van der Waals surface area contributed by atoms with Gasteiger partial charge >= 0.3 is 0 Å². The van der Waals surface area contributed by atoms with E-state index in [1.54, 1.807) is 0 Å². The van der Waals surface area contributed by atoms with E-state index in [1.165, 1.54) is 44.4 Å². The van der Waals surface area contributed by atoms with Gasteiger partial charge in [0.25, 0.3) is 0 Å². The molecule has 3 aliphatic rings. The number of phenols is 2. The van der Waals surface area contributed by atoms with Crippen LogP contribution in [0.15, 0.2) is 45.6 Å². The maximum Gasteiger partial charge on any atom is 0.239 e. The molecule has 0 bridgehead atoms. The van der Waals surface area contributed by atoms with Gasteiger partial charge in [0.1, 0.15) is 83.2 Å². The minimum atomic E-state index is -1.97. The molecule has 286 valence electrons. The molecule has 4 heterocycles. The van der Waals surface area contributed by atoms with E-state index in [-0.39, 0.29) is 33.8 Å². The summed E-state index contributed by atoms with van der Waals surface area (Å²) in [4.78, 5) is 14.1. The van der Waals surface area contributed by atoms with Crippen molar-refractivity contribution in [2.24, 2.45) is 0 Å². The SMILES string of the molecule is COc1cc(O)c2c(=O)c(OC3OC(COC4OC(C)C(O)C(O)C4O)C(O)C(O)C3OC3OCC(O)C(O)C3O)c(-c3ccc(O)cc3)oc2c1. The second kappa shape index (κ2) is 15.4. The minimum absolute atomic E-state index is 0.125. The maximum absolute atomic E-state index is 14.1. The zero-order valence-electron chi connectivity index (χ0n) is 27.6. The second-order valence-corrected chi connectivity index (χ2v) is 12.7. The van der Waals surface area contributed by atoms with Crippen LogP contribution in [0.3, 0.4) is 0 Å². The predicted molar refractivity (Wildman–Crippen MR) is 170 cm³/mol. The summed E-state index contributed by atoms with van der Waals surface area (Å²) in [6, 6.07) is 7.85. The standard InChI is InChI=1S/C33H40O19/c1-11-20(37)24(41)27(44)31(48-11)47-10-18-22(39)25(42)30(52-32-26(43)21(38)16(36)9-46-32)33(50-18)51-29-23(40)19-15(35)7-14(45-2)8-17(19)49-28(29)12-3-5-13(34)6-4-12/h3-8,11,16,18,20-22,24-27,30-39,41-44H,9-10H2,1-2H3. The Labute approximate surface area is 293 Å². The Kier molecular flexibility index (Phi) is 11.2. The Morgan fingerprint density at radius 2 is 1.48 bits per heavy atom. The molecule has 3 saturated heterocycles. The van der Waals surface area contributed by atoms with Crippen LogP contribution in [0.4, 0.5) is 0 Å². The van der Waals surface area contributed by atoms with Gasteiger partial charge < -0.3 is 88.6 Å². The molecule has 10 N–H and O–H groups in total. The fourth-order valence-corrected chi connectivity index (χ4v) is 6.08. The number of fused-ring (bicyclic) bond motifs is 1. The van der Waals surface area contributed by atoms with Gasteiger partial charge in [0.15, 0.2) is 24.4 Å². The average Bonchev–Trinajstić information content (AvgIpc) is 3.12. The van der Waals surface area contributed by atoms with Crippen molar-refractivity contribution in [3.05, 3.63) is 46.6 Å². The molecular weight excluding hydrogens is 700 g/mol. The maximum atomic E-state index is 14.1. The summed E-state index contributed by atoms with van der Waals surface area (Å²) in [6.07, 6.45) is -23.2. The summed E-state index contributed by atoms with van der Waals surface area (Å²) < 4.78 is 45.4. The molecule has 0 aliphatic carbocycles. The fourth-order valence-electron chi connectivity index (χ4n) is 6.08. The topological polar surface area (TPSA) is 297 Å². The molecule has 19 nitrogen and oxygen atoms in total. The molecule has 0 saturated carbocycles. The van der Waals surface area contributed by atoms with Crippen molar-refractivity contribution in [2.45, 2.75) is 92.9 Å². The van der Waals surface area contributed by atoms with E-state index in [9.17, 15) is 55.9 Å². The number of aliphatic hydroxyl groups excluding tert-OH is 8. The lowest BCUT2D eigenvalue weighted by Gasteiger charge is -2.45. The van der Waals surface area contributed by atoms with E-state index in [0.29, 0.717) is 0 Å². The largest absolute Gasteiger partial charge is 0.508 e. The molecule has 3 fully saturated rings. The van der Waals surface area contributed by atoms with E-state index in [2.05, 4.69) is 0 Å². The fraction of sp³-hybridized carbons (Fsp3) is 0.545. The van der Waals surface area contributed by atoms with Crippen LogP contribution < -0.4 is 14.9 Å². The molecule has 3 aromatic rings. The van der Waals surface area contributed by atoms with Gasteiger partial charge in [0, 0.05) is 17.7 Å². The Bertz CT molecular complexity index is 1750. The zero-order chi connectivity index (χ0) is 37.6. The minimum Gasteiger partial charge on any atom is -0.508 e. The third-order valence-corrected chi connectivity index (χ3v) is 9.13. The normalized spacial score (nSPS) is 36.8. The molecule has 6 rings (SSSR count). The summed E-state index contributed by atoms with van der Waals surface area (Å²) >= 11 is 0. The van der Waals surface area contributed by atoms with Gasteiger partial charge in [-0.1, -0.05) is 0 Å². The Balaban J connectivity index is 1.38. The molecule has 0 radical (unpaired) electrons. The van der Waals surface area contributed by atoms with Crippen LogP contribution in [0, 0.1) is 0 Å². The van der Waals surface area contributed by atoms with Gasteiger partial charge in [-0.3, -0.25) is 4.79 Å². The van der Waals surface area contributed by atoms with Crippen LogP contribution in [0.1, 0.15) is 6.92 Å². The van der Waals surface area contributed by atoms with Crippen molar-refractivity contribution in [2.75, 3.05) is 20.3 Å². The third kappa shape index (κ3) is 7.28. The molecule has 3 aliphatic heterocycles. The monoisotopic (exact) mass is 740 g/mol. The van der Waals surface area contributed by atoms with Crippen molar-refractivity contribution >= 4 is 11.0 Å². The summed E-state index contributed by atoms with van der Waals surface area (Å²) in [5.41, 5.74) is -0.896. The Hall–Kier alpha value is -3.67. The van der Waals surface area contributed by atoms with Gasteiger partial charge in [0.2, 0.25) is 17.5 Å². The van der Waals surface area contributed by atoms with Crippen molar-refractivity contribution in [1.82, 2.24) is 0 Å². The number of ether oxygens (including phenoxy) is 7. The number of rotatable bonds is 9. The van der Waals surface area contributed by atoms with Crippen LogP contribution in [-0.2, 0) is 23.7 Å². The van der Waals surface area contributed by atoms with E-state index in [4.69, 9.17) is 37.6 Å². The lowest BCUT2D eigenvalue weighted by Crippen LogP contribution is -2.64. The molecule has 19 heteroatoms. The summed E-state index contributed by atoms with van der Waals surface area (Å²) in [6.45, 7) is 0.277. The molecule has 52 heavy (non-hydrogen) atoms. The third-order valence-electron chi connectivity index (χ3n) is 9.13. The smallest absolute Gasteiger partial charge is 0.239 e. The number of hydrogen-bond donors (Lipinski definition) is 10. The number of aromatic hydroxyl groups is 2. The molecule has 0 spiro atoms. The van der Waals surface area contributed by atoms with E-state index >= 15 is 0 Å². The first-order chi connectivity index (χ1) is 24.7. The summed E-state index contributed by atoms with van der Waals surface area (Å²) in [5, 5.41) is 104. The first-order valence-electron chi connectivity index (χ1n) is 16.2. The van der Waals surface area contributed by atoms with Crippen LogP contribution in [0.5, 0.6) is 23.0 Å². The molecule has 0 amide bonds. The number of hydrogen-bond acceptors (Lipinski definition) is 19. The predicted octanol–water partition coefficient (Wildman–Crippen LogP) is -2.63. The van der Waals surface area contributed by atoms with E-state index < -0.39 is 116 Å². The van der Waals surface area contributed by atoms with Gasteiger partial charge in [0.05, 0.1) is 26.4 Å². The van der Waals surface area contributed by atoms with Crippen molar-refractivity contribution in [3.63, 3.8) is 0 Å². The quantitative estimate of drug-likeness (QED) is 0.107. The average molecular weight is 741 g/mol. The highest BCUT2D eigenvalue weighted by atomic mass is 16.8. The highest BCUT2D eigenvalue weighted by Gasteiger charge is 2.51. The first kappa shape index (κ1) is 38.1. The van der Waals surface area contributed by atoms with Crippen molar-refractivity contribution in [3.8, 4) is 34.3 Å². The van der Waals surface area contributed by atoms with Gasteiger partial charge in [-0.05, 0) is 31.2 Å². The Morgan fingerprint density at radius 3 is 2.17 bits per heavy atom. The Morgan fingerprint density at radius 1 is 0.788 bits per heavy atom. The van der Waals surface area contributed by atoms with Gasteiger partial charge in [-0.2, -0.15) is 0 Å². The molecule has 1 aromatic heterocycles. The first-order valence-corrected chi connectivity index (χ1v) is 16.2.